The van der Waals surface area contributed by atoms with Crippen LogP contribution in [-0.2, 0) is 17.8 Å². The minimum atomic E-state index is -0.764. The topological polar surface area (TPSA) is 59.7 Å². The monoisotopic (exact) mass is 352 g/mol. The molecule has 2 saturated heterocycles. The van der Waals surface area contributed by atoms with Gasteiger partial charge < -0.3 is 14.8 Å². The fourth-order valence-corrected chi connectivity index (χ4v) is 4.80. The number of H-pyrrole nitrogens is 1. The average molecular weight is 352 g/mol. The number of rotatable bonds is 3. The van der Waals surface area contributed by atoms with Gasteiger partial charge in [-0.05, 0) is 44.5 Å². The van der Waals surface area contributed by atoms with Gasteiger partial charge in [-0.1, -0.05) is 18.2 Å². The highest BCUT2D eigenvalue weighted by atomic mass is 16.2. The Balaban J connectivity index is 1.44. The Morgan fingerprint density at radius 1 is 1.12 bits per heavy atom. The highest BCUT2D eigenvalue weighted by Crippen LogP contribution is 2.40. The first-order chi connectivity index (χ1) is 12.6. The molecule has 3 aliphatic heterocycles. The van der Waals surface area contributed by atoms with Gasteiger partial charge in [0.15, 0.2) is 0 Å². The van der Waals surface area contributed by atoms with Crippen molar-refractivity contribution in [1.29, 1.82) is 0 Å². The number of aromatic amines is 1. The standard InChI is InChI=1S/C20H24N4O2/c1-20-12-15-14-6-2-3-7-16(14)21-17(15)13-24(20)19(26)23(18(20)25)11-10-22-8-4-5-9-22/h2-3,6-7,21H,4-5,8-13H2,1H3. The number of amides is 3. The van der Waals surface area contributed by atoms with Crippen LogP contribution in [0.15, 0.2) is 24.3 Å². The molecule has 1 aromatic carbocycles. The molecule has 4 heterocycles. The Morgan fingerprint density at radius 2 is 1.88 bits per heavy atom. The van der Waals surface area contributed by atoms with Crippen molar-refractivity contribution in [2.24, 2.45) is 0 Å². The van der Waals surface area contributed by atoms with Gasteiger partial charge in [-0.3, -0.25) is 9.69 Å². The second-order valence-electron chi connectivity index (χ2n) is 7.95. The van der Waals surface area contributed by atoms with Crippen molar-refractivity contribution >= 4 is 22.8 Å². The van der Waals surface area contributed by atoms with E-state index < -0.39 is 5.54 Å². The van der Waals surface area contributed by atoms with Crippen LogP contribution in [0.5, 0.6) is 0 Å². The van der Waals surface area contributed by atoms with Gasteiger partial charge in [0.25, 0.3) is 5.91 Å². The summed E-state index contributed by atoms with van der Waals surface area (Å²) in [5, 5.41) is 1.17. The van der Waals surface area contributed by atoms with Crippen molar-refractivity contribution in [1.82, 2.24) is 19.7 Å². The summed E-state index contributed by atoms with van der Waals surface area (Å²) in [7, 11) is 0. The number of urea groups is 1. The minimum absolute atomic E-state index is 0.0439. The highest BCUT2D eigenvalue weighted by molar-refractivity contribution is 6.07. The van der Waals surface area contributed by atoms with Crippen LogP contribution in [0.2, 0.25) is 0 Å². The lowest BCUT2D eigenvalue weighted by atomic mass is 9.86. The van der Waals surface area contributed by atoms with E-state index in [2.05, 4.69) is 16.0 Å². The molecule has 5 rings (SSSR count). The fourth-order valence-electron chi connectivity index (χ4n) is 4.80. The summed E-state index contributed by atoms with van der Waals surface area (Å²) in [5.41, 5.74) is 2.56. The molecule has 6 nitrogen and oxygen atoms in total. The Bertz CT molecular complexity index is 898. The van der Waals surface area contributed by atoms with Gasteiger partial charge in [-0.25, -0.2) is 4.79 Å². The van der Waals surface area contributed by atoms with Crippen molar-refractivity contribution < 1.29 is 9.59 Å². The zero-order chi connectivity index (χ0) is 17.9. The molecule has 1 aromatic heterocycles. The lowest BCUT2D eigenvalue weighted by Gasteiger charge is -2.35. The van der Waals surface area contributed by atoms with E-state index in [1.54, 1.807) is 4.90 Å². The number of likely N-dealkylation sites (tertiary alicyclic amines) is 1. The quantitative estimate of drug-likeness (QED) is 0.863. The smallest absolute Gasteiger partial charge is 0.328 e. The van der Waals surface area contributed by atoms with Crippen molar-refractivity contribution in [3.05, 3.63) is 35.5 Å². The maximum atomic E-state index is 13.2. The minimum Gasteiger partial charge on any atom is -0.357 e. The van der Waals surface area contributed by atoms with Crippen LogP contribution in [0.1, 0.15) is 31.0 Å². The van der Waals surface area contributed by atoms with Crippen molar-refractivity contribution in [2.45, 2.75) is 38.3 Å². The molecule has 26 heavy (non-hydrogen) atoms. The predicted molar refractivity (Wildman–Crippen MR) is 98.7 cm³/mol. The van der Waals surface area contributed by atoms with Gasteiger partial charge in [-0.2, -0.15) is 0 Å². The van der Waals surface area contributed by atoms with Gasteiger partial charge in [-0.15, -0.1) is 0 Å². The molecule has 2 aromatic rings. The maximum absolute atomic E-state index is 13.2. The fraction of sp³-hybridized carbons (Fsp3) is 0.500. The number of carbonyl (C=O) groups excluding carboxylic acids is 2. The maximum Gasteiger partial charge on any atom is 0.328 e. The number of nitrogens with zero attached hydrogens (tertiary/aromatic N) is 3. The van der Waals surface area contributed by atoms with E-state index in [0.717, 1.165) is 30.8 Å². The first-order valence-corrected chi connectivity index (χ1v) is 9.52. The molecule has 1 atom stereocenters. The molecule has 1 N–H and O–H groups in total. The molecular formula is C20H24N4O2. The summed E-state index contributed by atoms with van der Waals surface area (Å²) in [5.74, 6) is -0.0439. The van der Waals surface area contributed by atoms with E-state index in [1.807, 2.05) is 25.1 Å². The van der Waals surface area contributed by atoms with E-state index >= 15 is 0 Å². The van der Waals surface area contributed by atoms with Gasteiger partial charge in [0.05, 0.1) is 6.54 Å². The molecule has 1 unspecified atom stereocenters. The number of imide groups is 1. The Morgan fingerprint density at radius 3 is 2.69 bits per heavy atom. The lowest BCUT2D eigenvalue weighted by molar-refractivity contribution is -0.133. The van der Waals surface area contributed by atoms with E-state index in [1.165, 1.54) is 28.7 Å². The summed E-state index contributed by atoms with van der Waals surface area (Å²) in [6.07, 6.45) is 3.01. The highest BCUT2D eigenvalue weighted by Gasteiger charge is 2.56. The molecule has 136 valence electrons. The van der Waals surface area contributed by atoms with Gasteiger partial charge >= 0.3 is 6.03 Å². The van der Waals surface area contributed by atoms with E-state index in [9.17, 15) is 9.59 Å². The van der Waals surface area contributed by atoms with Gasteiger partial charge in [0.2, 0.25) is 0 Å². The number of nitrogens with one attached hydrogen (secondary N) is 1. The molecular weight excluding hydrogens is 328 g/mol. The van der Waals surface area contributed by atoms with Crippen molar-refractivity contribution in [2.75, 3.05) is 26.2 Å². The number of hydrogen-bond acceptors (Lipinski definition) is 3. The van der Waals surface area contributed by atoms with Gasteiger partial charge in [0.1, 0.15) is 5.54 Å². The van der Waals surface area contributed by atoms with Crippen molar-refractivity contribution in [3.8, 4) is 0 Å². The Hall–Kier alpha value is -2.34. The predicted octanol–water partition coefficient (Wildman–Crippen LogP) is 2.34. The number of hydrogen-bond donors (Lipinski definition) is 1. The first-order valence-electron chi connectivity index (χ1n) is 9.52. The summed E-state index contributed by atoms with van der Waals surface area (Å²) in [4.78, 5) is 35.2. The number of para-hydroxylation sites is 1. The summed E-state index contributed by atoms with van der Waals surface area (Å²) < 4.78 is 0. The van der Waals surface area contributed by atoms with E-state index in [4.69, 9.17) is 0 Å². The molecule has 3 aliphatic rings. The van der Waals surface area contributed by atoms with Crippen LogP contribution < -0.4 is 0 Å². The third-order valence-electron chi connectivity index (χ3n) is 6.34. The number of fused-ring (bicyclic) bond motifs is 4. The summed E-state index contributed by atoms with van der Waals surface area (Å²) in [6, 6.07) is 8.03. The van der Waals surface area contributed by atoms with Crippen LogP contribution >= 0.6 is 0 Å². The normalized spacial score (nSPS) is 26.0. The van der Waals surface area contributed by atoms with Crippen LogP contribution in [0, 0.1) is 0 Å². The number of carbonyl (C=O) groups is 2. The van der Waals surface area contributed by atoms with E-state index in [-0.39, 0.29) is 11.9 Å². The zero-order valence-electron chi connectivity index (χ0n) is 15.1. The SMILES string of the molecule is CC12Cc3c([nH]c4ccccc34)CN1C(=O)N(CCN1CCCC1)C2=O. The number of aromatic nitrogens is 1. The third kappa shape index (κ3) is 2.14. The van der Waals surface area contributed by atoms with Crippen LogP contribution in [0.4, 0.5) is 4.79 Å². The molecule has 6 heteroatoms. The summed E-state index contributed by atoms with van der Waals surface area (Å²) in [6.45, 7) is 5.84. The molecule has 3 amide bonds. The molecule has 0 saturated carbocycles. The average Bonchev–Trinajstić information content (AvgIpc) is 3.31. The largest absolute Gasteiger partial charge is 0.357 e. The molecule has 0 aliphatic carbocycles. The van der Waals surface area contributed by atoms with Crippen LogP contribution in [-0.4, -0.2) is 63.3 Å². The lowest BCUT2D eigenvalue weighted by Crippen LogP contribution is -2.51. The van der Waals surface area contributed by atoms with E-state index in [0.29, 0.717) is 19.5 Å². The Kier molecular flexibility index (Phi) is 3.41. The second-order valence-corrected chi connectivity index (χ2v) is 7.95. The molecule has 0 spiro atoms. The van der Waals surface area contributed by atoms with Gasteiger partial charge in [0, 0.05) is 36.1 Å². The van der Waals surface area contributed by atoms with Crippen LogP contribution in [0.25, 0.3) is 10.9 Å². The second kappa shape index (κ2) is 5.58. The third-order valence-corrected chi connectivity index (χ3v) is 6.34. The first kappa shape index (κ1) is 15.9. The Labute approximate surface area is 152 Å². The zero-order valence-corrected chi connectivity index (χ0v) is 15.1. The molecule has 0 radical (unpaired) electrons. The number of benzene rings is 1. The van der Waals surface area contributed by atoms with Crippen LogP contribution in [0.3, 0.4) is 0 Å². The molecule has 0 bridgehead atoms. The van der Waals surface area contributed by atoms with Crippen molar-refractivity contribution in [3.63, 3.8) is 0 Å². The summed E-state index contributed by atoms with van der Waals surface area (Å²) >= 11 is 0. The molecule has 2 fully saturated rings.